The Balaban J connectivity index is 2.57. The number of carbonyl (C=O) groups is 1. The average Bonchev–Trinajstić information content (AvgIpc) is 2.42. The van der Waals surface area contributed by atoms with Crippen LogP contribution in [0, 0.1) is 11.3 Å². The van der Waals surface area contributed by atoms with E-state index in [1.54, 1.807) is 6.07 Å². The second kappa shape index (κ2) is 8.41. The van der Waals surface area contributed by atoms with Crippen LogP contribution >= 0.6 is 23.2 Å². The molecule has 0 aliphatic carbocycles. The smallest absolute Gasteiger partial charge is 0.263 e. The first-order valence-electron chi connectivity index (χ1n) is 5.60. The van der Waals surface area contributed by atoms with Crippen molar-refractivity contribution in [1.82, 2.24) is 10.6 Å². The molecule has 100 valence electrons. The van der Waals surface area contributed by atoms with Gasteiger partial charge in [-0.15, -0.1) is 11.6 Å². The summed E-state index contributed by atoms with van der Waals surface area (Å²) in [6.45, 7) is 0.761. The molecule has 0 saturated carbocycles. The molecule has 2 N–H and O–H groups in total. The lowest BCUT2D eigenvalue weighted by molar-refractivity contribution is -0.117. The fourth-order valence-corrected chi connectivity index (χ4v) is 1.60. The van der Waals surface area contributed by atoms with E-state index in [2.05, 4.69) is 10.6 Å². The van der Waals surface area contributed by atoms with Gasteiger partial charge in [-0.05, 0) is 11.6 Å². The zero-order chi connectivity index (χ0) is 14.1. The Labute approximate surface area is 122 Å². The number of nitriles is 1. The third-order valence-electron chi connectivity index (χ3n) is 2.25. The predicted octanol–water partition coefficient (Wildman–Crippen LogP) is 2.19. The lowest BCUT2D eigenvalue weighted by Crippen LogP contribution is -2.25. The Morgan fingerprint density at radius 2 is 2.16 bits per heavy atom. The summed E-state index contributed by atoms with van der Waals surface area (Å²) in [7, 11) is 0. The normalized spacial score (nSPS) is 10.7. The van der Waals surface area contributed by atoms with Gasteiger partial charge in [-0.2, -0.15) is 5.26 Å². The molecule has 0 heterocycles. The standard InChI is InChI=1S/C13H13Cl2N3O/c14-5-6-17-8-11(7-16)13(19)18-9-10-3-1-2-4-12(10)15/h1-4,8,17H,5-6,9H2,(H,18,19)/b11-8-. The van der Waals surface area contributed by atoms with Crippen molar-refractivity contribution in [2.45, 2.75) is 6.54 Å². The minimum absolute atomic E-state index is 0.00262. The van der Waals surface area contributed by atoms with Crippen molar-refractivity contribution in [3.8, 4) is 6.07 Å². The molecule has 0 spiro atoms. The molecule has 6 heteroatoms. The van der Waals surface area contributed by atoms with Gasteiger partial charge in [-0.25, -0.2) is 0 Å². The van der Waals surface area contributed by atoms with Gasteiger partial charge in [-0.1, -0.05) is 29.8 Å². The van der Waals surface area contributed by atoms with Crippen molar-refractivity contribution >= 4 is 29.1 Å². The molecule has 0 aliphatic heterocycles. The predicted molar refractivity (Wildman–Crippen MR) is 75.7 cm³/mol. The Kier molecular flexibility index (Phi) is 6.80. The van der Waals surface area contributed by atoms with Crippen LogP contribution in [0.15, 0.2) is 36.0 Å². The van der Waals surface area contributed by atoms with Gasteiger partial charge < -0.3 is 10.6 Å². The van der Waals surface area contributed by atoms with Gasteiger partial charge in [0.25, 0.3) is 5.91 Å². The minimum Gasteiger partial charge on any atom is -0.388 e. The summed E-state index contributed by atoms with van der Waals surface area (Å²) < 4.78 is 0. The SMILES string of the molecule is N#C/C(=C/NCCCl)C(=O)NCc1ccccc1Cl. The maximum absolute atomic E-state index is 11.7. The number of carbonyl (C=O) groups excluding carboxylic acids is 1. The number of nitrogens with zero attached hydrogens (tertiary/aromatic N) is 1. The Morgan fingerprint density at radius 3 is 2.79 bits per heavy atom. The van der Waals surface area contributed by atoms with Gasteiger partial charge in [-0.3, -0.25) is 4.79 Å². The Bertz CT molecular complexity index is 509. The highest BCUT2D eigenvalue weighted by Crippen LogP contribution is 2.14. The van der Waals surface area contributed by atoms with Gasteiger partial charge in [0, 0.05) is 30.2 Å². The molecule has 1 aromatic carbocycles. The van der Waals surface area contributed by atoms with E-state index in [0.29, 0.717) is 17.4 Å². The van der Waals surface area contributed by atoms with Crippen LogP contribution in [-0.4, -0.2) is 18.3 Å². The van der Waals surface area contributed by atoms with Gasteiger partial charge in [0.15, 0.2) is 0 Å². The summed E-state index contributed by atoms with van der Waals surface area (Å²) in [5, 5.41) is 14.8. The quantitative estimate of drug-likeness (QED) is 0.366. The monoisotopic (exact) mass is 297 g/mol. The highest BCUT2D eigenvalue weighted by Gasteiger charge is 2.08. The molecule has 1 amide bonds. The molecule has 0 fully saturated rings. The number of halogens is 2. The molecular formula is C13H13Cl2N3O. The van der Waals surface area contributed by atoms with Crippen LogP contribution in [0.5, 0.6) is 0 Å². The van der Waals surface area contributed by atoms with Gasteiger partial charge >= 0.3 is 0 Å². The molecule has 0 radical (unpaired) electrons. The molecule has 0 bridgehead atoms. The van der Waals surface area contributed by atoms with Crippen molar-refractivity contribution in [1.29, 1.82) is 5.26 Å². The number of nitrogens with one attached hydrogen (secondary N) is 2. The third-order valence-corrected chi connectivity index (χ3v) is 2.81. The Morgan fingerprint density at radius 1 is 1.42 bits per heavy atom. The first kappa shape index (κ1) is 15.4. The largest absolute Gasteiger partial charge is 0.388 e. The van der Waals surface area contributed by atoms with Crippen molar-refractivity contribution in [3.05, 3.63) is 46.6 Å². The van der Waals surface area contributed by atoms with Gasteiger partial charge in [0.05, 0.1) is 0 Å². The van der Waals surface area contributed by atoms with Crippen LogP contribution in [0.25, 0.3) is 0 Å². The van der Waals surface area contributed by atoms with Crippen LogP contribution in [0.3, 0.4) is 0 Å². The number of hydrogen-bond acceptors (Lipinski definition) is 3. The summed E-state index contributed by atoms with van der Waals surface area (Å²) in [4.78, 5) is 11.7. The van der Waals surface area contributed by atoms with E-state index < -0.39 is 5.91 Å². The van der Waals surface area contributed by atoms with Crippen LogP contribution in [0.1, 0.15) is 5.56 Å². The number of benzene rings is 1. The molecular weight excluding hydrogens is 285 g/mol. The van der Waals surface area contributed by atoms with Crippen LogP contribution in [0.2, 0.25) is 5.02 Å². The van der Waals surface area contributed by atoms with E-state index in [1.165, 1.54) is 6.20 Å². The average molecular weight is 298 g/mol. The van der Waals surface area contributed by atoms with Gasteiger partial charge in [0.2, 0.25) is 0 Å². The number of rotatable bonds is 6. The summed E-state index contributed by atoms with van der Waals surface area (Å²) in [5.74, 6) is -0.0549. The van der Waals surface area contributed by atoms with Crippen LogP contribution < -0.4 is 10.6 Å². The summed E-state index contributed by atoms with van der Waals surface area (Å²) in [6.07, 6.45) is 1.35. The fraction of sp³-hybridized carbons (Fsp3) is 0.231. The van der Waals surface area contributed by atoms with Crippen molar-refractivity contribution in [2.24, 2.45) is 0 Å². The summed E-state index contributed by atoms with van der Waals surface area (Å²) >= 11 is 11.4. The minimum atomic E-state index is -0.454. The van der Waals surface area contributed by atoms with Crippen molar-refractivity contribution < 1.29 is 4.79 Å². The molecule has 1 rings (SSSR count). The van der Waals surface area contributed by atoms with E-state index in [0.717, 1.165) is 5.56 Å². The number of hydrogen-bond donors (Lipinski definition) is 2. The maximum atomic E-state index is 11.7. The number of amides is 1. The summed E-state index contributed by atoms with van der Waals surface area (Å²) in [5.41, 5.74) is 0.792. The van der Waals surface area contributed by atoms with E-state index >= 15 is 0 Å². The third kappa shape index (κ3) is 5.21. The van der Waals surface area contributed by atoms with Crippen LogP contribution in [0.4, 0.5) is 0 Å². The van der Waals surface area contributed by atoms with Crippen molar-refractivity contribution in [2.75, 3.05) is 12.4 Å². The molecule has 19 heavy (non-hydrogen) atoms. The number of alkyl halides is 1. The van der Waals surface area contributed by atoms with E-state index in [1.807, 2.05) is 24.3 Å². The fourth-order valence-electron chi connectivity index (χ4n) is 1.29. The molecule has 1 aromatic rings. The molecule has 0 aliphatic rings. The molecule has 4 nitrogen and oxygen atoms in total. The summed E-state index contributed by atoms with van der Waals surface area (Å²) in [6, 6.07) is 9.01. The van der Waals surface area contributed by atoms with E-state index in [9.17, 15) is 4.79 Å². The highest BCUT2D eigenvalue weighted by molar-refractivity contribution is 6.31. The second-order valence-corrected chi connectivity index (χ2v) is 4.37. The molecule has 0 unspecified atom stereocenters. The first-order valence-corrected chi connectivity index (χ1v) is 6.51. The van der Waals surface area contributed by atoms with Crippen LogP contribution in [-0.2, 0) is 11.3 Å². The lowest BCUT2D eigenvalue weighted by atomic mass is 10.2. The molecule has 0 atom stereocenters. The highest BCUT2D eigenvalue weighted by atomic mass is 35.5. The maximum Gasteiger partial charge on any atom is 0.263 e. The first-order chi connectivity index (χ1) is 9.19. The molecule has 0 saturated heterocycles. The molecule has 0 aromatic heterocycles. The lowest BCUT2D eigenvalue weighted by Gasteiger charge is -2.06. The second-order valence-electron chi connectivity index (χ2n) is 3.59. The van der Waals surface area contributed by atoms with E-state index in [4.69, 9.17) is 28.5 Å². The Hall–Kier alpha value is -1.70. The zero-order valence-corrected chi connectivity index (χ0v) is 11.6. The van der Waals surface area contributed by atoms with Gasteiger partial charge in [0.1, 0.15) is 11.6 Å². The zero-order valence-electron chi connectivity index (χ0n) is 10.1. The topological polar surface area (TPSA) is 64.9 Å². The van der Waals surface area contributed by atoms with Crippen molar-refractivity contribution in [3.63, 3.8) is 0 Å². The van der Waals surface area contributed by atoms with E-state index in [-0.39, 0.29) is 12.1 Å².